The van der Waals surface area contributed by atoms with E-state index in [1.165, 1.54) is 64.2 Å². The van der Waals surface area contributed by atoms with Crippen LogP contribution in [0.15, 0.2) is 0 Å². The molecule has 0 aliphatic carbocycles. The Morgan fingerprint density at radius 3 is 0.443 bits per heavy atom. The van der Waals surface area contributed by atoms with Crippen molar-refractivity contribution in [1.82, 2.24) is 0 Å². The van der Waals surface area contributed by atoms with Gasteiger partial charge in [0.1, 0.15) is 0 Å². The molecule has 0 aliphatic rings. The highest BCUT2D eigenvalue weighted by molar-refractivity contribution is 4.49. The van der Waals surface area contributed by atoms with Crippen LogP contribution >= 0.6 is 0 Å². The lowest BCUT2D eigenvalue weighted by atomic mass is 10.1. The second kappa shape index (κ2) is 77.1. The van der Waals surface area contributed by atoms with Crippen LogP contribution in [0.3, 0.4) is 0 Å². The fourth-order valence-corrected chi connectivity index (χ4v) is 6.68. The largest absolute Gasteiger partial charge is 0.396 e. The number of hydrogen-bond donors (Lipinski definition) is 1. The smallest absolute Gasteiger partial charge is 0.0701 e. The van der Waals surface area contributed by atoms with Gasteiger partial charge >= 0.3 is 0 Å². The quantitative estimate of drug-likeness (QED) is 0.0753. The molecule has 0 aromatic rings. The van der Waals surface area contributed by atoms with E-state index in [1.807, 2.05) is 0 Å². The van der Waals surface area contributed by atoms with E-state index in [0.29, 0.717) is 277 Å². The Morgan fingerprint density at radius 2 is 0.266 bits per heavy atom. The summed E-state index contributed by atoms with van der Waals surface area (Å²) in [6.07, 6.45) is 16.3. The molecule has 0 aromatic heterocycles. The number of hydrogen-bond acceptors (Lipinski definition) is 22. The van der Waals surface area contributed by atoms with Crippen molar-refractivity contribution in [2.75, 3.05) is 284 Å². The molecule has 0 atom stereocenters. The Morgan fingerprint density at radius 1 is 0.139 bits per heavy atom. The molecule has 0 fully saturated rings. The molecular weight excluding hydrogens is 1040 g/mol. The molecule has 0 aliphatic heterocycles. The standard InChI is InChI=1S/C57H116O22/c1-2-3-4-5-6-7-8-9-10-11-12-16-60-20-22-62-24-26-64-28-30-66-32-34-68-36-38-70-40-42-72-44-46-74-48-50-76-52-54-78-56-57-79-55-53-77-51-49-75-47-45-73-43-41-71-39-37-69-35-33-67-31-29-65-27-25-63-23-21-61-19-14-18-59-17-13-15-58/h58H,2-57H2,1H3. The predicted molar refractivity (Wildman–Crippen MR) is 300 cm³/mol. The first kappa shape index (κ1) is 78.1. The molecule has 0 saturated heterocycles. The minimum absolute atomic E-state index is 0.159. The van der Waals surface area contributed by atoms with Gasteiger partial charge in [0, 0.05) is 33.0 Å². The van der Waals surface area contributed by atoms with Crippen LogP contribution in [-0.4, -0.2) is 289 Å². The van der Waals surface area contributed by atoms with Crippen molar-refractivity contribution in [2.45, 2.75) is 90.4 Å². The Bertz CT molecular complexity index is 957. The first-order valence-electron chi connectivity index (χ1n) is 30.1. The van der Waals surface area contributed by atoms with Crippen LogP contribution in [0.2, 0.25) is 0 Å². The van der Waals surface area contributed by atoms with Crippen molar-refractivity contribution in [3.05, 3.63) is 0 Å². The van der Waals surface area contributed by atoms with Crippen molar-refractivity contribution in [1.29, 1.82) is 0 Å². The van der Waals surface area contributed by atoms with Gasteiger partial charge in [-0.05, 0) is 19.3 Å². The summed E-state index contributed by atoms with van der Waals surface area (Å²) in [7, 11) is 0. The minimum atomic E-state index is 0.159. The van der Waals surface area contributed by atoms with E-state index in [2.05, 4.69) is 6.92 Å². The summed E-state index contributed by atoms with van der Waals surface area (Å²) < 4.78 is 116. The highest BCUT2D eigenvalue weighted by Gasteiger charge is 2.01. The molecule has 0 bridgehead atoms. The summed E-state index contributed by atoms with van der Waals surface area (Å²) >= 11 is 0. The summed E-state index contributed by atoms with van der Waals surface area (Å²) in [5.74, 6) is 0. The monoisotopic (exact) mass is 1150 g/mol. The fraction of sp³-hybridized carbons (Fsp3) is 1.00. The number of ether oxygens (including phenoxy) is 21. The van der Waals surface area contributed by atoms with Crippen LogP contribution in [0.25, 0.3) is 0 Å². The van der Waals surface area contributed by atoms with Gasteiger partial charge in [-0.25, -0.2) is 0 Å². The van der Waals surface area contributed by atoms with E-state index < -0.39 is 0 Å². The molecule has 1 N–H and O–H groups in total. The summed E-state index contributed by atoms with van der Waals surface area (Å²) in [6, 6.07) is 0. The summed E-state index contributed by atoms with van der Waals surface area (Å²) in [6.45, 7) is 24.6. The van der Waals surface area contributed by atoms with E-state index in [4.69, 9.17) is 105 Å². The van der Waals surface area contributed by atoms with Crippen LogP contribution in [0.4, 0.5) is 0 Å². The number of unbranched alkanes of at least 4 members (excludes halogenated alkanes) is 10. The van der Waals surface area contributed by atoms with Gasteiger partial charge in [-0.1, -0.05) is 71.1 Å². The van der Waals surface area contributed by atoms with E-state index in [1.54, 1.807) is 0 Å². The third kappa shape index (κ3) is 77.1. The normalized spacial score (nSPS) is 11.8. The van der Waals surface area contributed by atoms with Crippen molar-refractivity contribution in [3.63, 3.8) is 0 Å². The first-order chi connectivity index (χ1) is 39.4. The SMILES string of the molecule is CCCCCCCCCCCCCOCCOCCOCCOCCOCCOCCOCCOCCOCCOCCOCCOCCOCCOCCOCCOCCOCCOCCOCCOCCCOCCCO. The van der Waals surface area contributed by atoms with Crippen molar-refractivity contribution in [3.8, 4) is 0 Å². The van der Waals surface area contributed by atoms with Gasteiger partial charge in [0.2, 0.25) is 0 Å². The molecule has 0 saturated carbocycles. The van der Waals surface area contributed by atoms with E-state index in [9.17, 15) is 0 Å². The average Bonchev–Trinajstić information content (AvgIpc) is 3.46. The highest BCUT2D eigenvalue weighted by Crippen LogP contribution is 2.11. The van der Waals surface area contributed by atoms with Gasteiger partial charge < -0.3 is 105 Å². The summed E-state index contributed by atoms with van der Waals surface area (Å²) in [4.78, 5) is 0. The number of aliphatic hydroxyl groups is 1. The minimum Gasteiger partial charge on any atom is -0.396 e. The zero-order valence-electron chi connectivity index (χ0n) is 49.6. The fourth-order valence-electron chi connectivity index (χ4n) is 6.68. The molecule has 0 unspecified atom stereocenters. The zero-order chi connectivity index (χ0) is 56.4. The lowest BCUT2D eigenvalue weighted by molar-refractivity contribution is -0.0314. The lowest BCUT2D eigenvalue weighted by Crippen LogP contribution is -2.16. The molecule has 0 radical (unpaired) electrons. The maximum absolute atomic E-state index is 8.69. The van der Waals surface area contributed by atoms with E-state index in [0.717, 1.165) is 19.4 Å². The summed E-state index contributed by atoms with van der Waals surface area (Å²) in [5.41, 5.74) is 0. The highest BCUT2D eigenvalue weighted by atomic mass is 16.6. The van der Waals surface area contributed by atoms with Crippen molar-refractivity contribution >= 4 is 0 Å². The Labute approximate surface area is 477 Å². The molecule has 79 heavy (non-hydrogen) atoms. The third-order valence-corrected chi connectivity index (χ3v) is 11.0. The molecule has 0 rings (SSSR count). The van der Waals surface area contributed by atoms with Crippen molar-refractivity contribution < 1.29 is 105 Å². The zero-order valence-corrected chi connectivity index (χ0v) is 49.6. The third-order valence-electron chi connectivity index (χ3n) is 11.0. The van der Waals surface area contributed by atoms with Crippen LogP contribution in [0.5, 0.6) is 0 Å². The lowest BCUT2D eigenvalue weighted by Gasteiger charge is -2.09. The average molecular weight is 1150 g/mol. The molecule has 0 aromatic carbocycles. The topological polar surface area (TPSA) is 214 Å². The molecular formula is C57H116O22. The Hall–Kier alpha value is -0.880. The molecule has 22 nitrogen and oxygen atoms in total. The van der Waals surface area contributed by atoms with Gasteiger partial charge in [0.05, 0.1) is 251 Å². The van der Waals surface area contributed by atoms with Crippen LogP contribution < -0.4 is 0 Å². The molecule has 476 valence electrons. The van der Waals surface area contributed by atoms with Crippen LogP contribution in [0.1, 0.15) is 90.4 Å². The van der Waals surface area contributed by atoms with Gasteiger partial charge in [-0.3, -0.25) is 0 Å². The van der Waals surface area contributed by atoms with Crippen LogP contribution in [0, 0.1) is 0 Å². The second-order valence-corrected chi connectivity index (χ2v) is 17.8. The van der Waals surface area contributed by atoms with Crippen LogP contribution in [-0.2, 0) is 99.5 Å². The van der Waals surface area contributed by atoms with Gasteiger partial charge in [0.25, 0.3) is 0 Å². The van der Waals surface area contributed by atoms with E-state index in [-0.39, 0.29) is 6.61 Å². The second-order valence-electron chi connectivity index (χ2n) is 17.8. The summed E-state index contributed by atoms with van der Waals surface area (Å²) in [5, 5.41) is 8.69. The maximum atomic E-state index is 8.69. The molecule has 22 heteroatoms. The van der Waals surface area contributed by atoms with Gasteiger partial charge in [0.15, 0.2) is 0 Å². The molecule has 0 heterocycles. The first-order valence-corrected chi connectivity index (χ1v) is 30.1. The van der Waals surface area contributed by atoms with E-state index >= 15 is 0 Å². The number of aliphatic hydroxyl groups excluding tert-OH is 1. The predicted octanol–water partition coefficient (Wildman–Crippen LogP) is 5.42. The maximum Gasteiger partial charge on any atom is 0.0701 e. The van der Waals surface area contributed by atoms with Crippen molar-refractivity contribution in [2.24, 2.45) is 0 Å². The van der Waals surface area contributed by atoms with Gasteiger partial charge in [-0.15, -0.1) is 0 Å². The Kier molecular flexibility index (Phi) is 76.3. The Balaban J connectivity index is 3.08. The molecule has 0 amide bonds. The van der Waals surface area contributed by atoms with Gasteiger partial charge in [-0.2, -0.15) is 0 Å². The number of rotatable bonds is 76. The molecule has 0 spiro atoms.